The Bertz CT molecular complexity index is 1200. The first-order valence-corrected chi connectivity index (χ1v) is 11.1. The van der Waals surface area contributed by atoms with Crippen LogP contribution < -0.4 is 14.8 Å². The molecule has 3 rings (SSSR count). The molecule has 166 valence electrons. The molecule has 8 heteroatoms. The zero-order valence-corrected chi connectivity index (χ0v) is 19.7. The number of rotatable bonds is 8. The third-order valence-electron chi connectivity index (χ3n) is 5.13. The lowest BCUT2D eigenvalue weighted by atomic mass is 10.1. The average Bonchev–Trinajstić information content (AvgIpc) is 3.36. The molecule has 7 nitrogen and oxygen atoms in total. The Morgan fingerprint density at radius 1 is 1.28 bits per heavy atom. The van der Waals surface area contributed by atoms with E-state index in [1.54, 1.807) is 26.4 Å². The summed E-state index contributed by atoms with van der Waals surface area (Å²) in [6.07, 6.45) is 2.64. The molecule has 0 fully saturated rings. The summed E-state index contributed by atoms with van der Waals surface area (Å²) in [4.78, 5) is 17.2. The lowest BCUT2D eigenvalue weighted by molar-refractivity contribution is -0.112. The second kappa shape index (κ2) is 10.2. The topological polar surface area (TPSA) is 89.2 Å². The van der Waals surface area contributed by atoms with Crippen molar-refractivity contribution in [1.29, 1.82) is 5.26 Å². The Labute approximate surface area is 191 Å². The number of nitrogens with zero attached hydrogens (tertiary/aromatic N) is 3. The molecular weight excluding hydrogens is 424 g/mol. The third kappa shape index (κ3) is 4.84. The zero-order chi connectivity index (χ0) is 23.3. The fourth-order valence-corrected chi connectivity index (χ4v) is 4.18. The van der Waals surface area contributed by atoms with E-state index in [4.69, 9.17) is 9.47 Å². The van der Waals surface area contributed by atoms with Gasteiger partial charge >= 0.3 is 0 Å². The molecule has 0 bridgehead atoms. The third-order valence-corrected chi connectivity index (χ3v) is 5.89. The molecule has 32 heavy (non-hydrogen) atoms. The second-order valence-electron chi connectivity index (χ2n) is 7.21. The molecule has 0 aliphatic carbocycles. The van der Waals surface area contributed by atoms with Crippen LogP contribution in [0.25, 0.3) is 17.3 Å². The van der Waals surface area contributed by atoms with Crippen LogP contribution in [0.3, 0.4) is 0 Å². The Morgan fingerprint density at radius 2 is 2.06 bits per heavy atom. The van der Waals surface area contributed by atoms with E-state index >= 15 is 0 Å². The van der Waals surface area contributed by atoms with Crippen molar-refractivity contribution in [1.82, 2.24) is 9.55 Å². The van der Waals surface area contributed by atoms with Gasteiger partial charge in [-0.1, -0.05) is 6.92 Å². The quantitative estimate of drug-likeness (QED) is 0.376. The molecule has 0 saturated carbocycles. The molecular formula is C24H26N4O3S. The highest BCUT2D eigenvalue weighted by atomic mass is 32.1. The number of aryl methyl sites for hydroxylation is 1. The van der Waals surface area contributed by atoms with Crippen LogP contribution in [-0.4, -0.2) is 29.7 Å². The molecule has 1 aromatic carbocycles. The fraction of sp³-hybridized carbons (Fsp3) is 0.292. The van der Waals surface area contributed by atoms with Crippen molar-refractivity contribution in [3.05, 3.63) is 52.2 Å². The van der Waals surface area contributed by atoms with Gasteiger partial charge in [-0.15, -0.1) is 11.3 Å². The minimum Gasteiger partial charge on any atom is -0.497 e. The van der Waals surface area contributed by atoms with Crippen molar-refractivity contribution in [2.24, 2.45) is 0 Å². The van der Waals surface area contributed by atoms with Crippen LogP contribution in [-0.2, 0) is 11.3 Å². The first-order valence-electron chi connectivity index (χ1n) is 10.2. The van der Waals surface area contributed by atoms with E-state index in [9.17, 15) is 10.1 Å². The molecule has 1 amide bonds. The number of methoxy groups -OCH3 is 2. The van der Waals surface area contributed by atoms with Gasteiger partial charge in [0.2, 0.25) is 0 Å². The average molecular weight is 451 g/mol. The number of aromatic nitrogens is 2. The maximum Gasteiger partial charge on any atom is 0.268 e. The number of carbonyl (C=O) groups is 1. The molecule has 0 radical (unpaired) electrons. The summed E-state index contributed by atoms with van der Waals surface area (Å²) in [7, 11) is 3.17. The monoisotopic (exact) mass is 450 g/mol. The van der Waals surface area contributed by atoms with E-state index in [0.29, 0.717) is 22.3 Å². The van der Waals surface area contributed by atoms with Gasteiger partial charge in [0.05, 0.1) is 19.9 Å². The van der Waals surface area contributed by atoms with Gasteiger partial charge in [-0.2, -0.15) is 5.26 Å². The fourth-order valence-electron chi connectivity index (χ4n) is 3.48. The maximum absolute atomic E-state index is 12.7. The van der Waals surface area contributed by atoms with Crippen molar-refractivity contribution in [3.63, 3.8) is 0 Å². The van der Waals surface area contributed by atoms with E-state index in [2.05, 4.69) is 21.8 Å². The van der Waals surface area contributed by atoms with E-state index < -0.39 is 5.91 Å². The number of nitriles is 1. The Hall–Kier alpha value is -3.57. The number of nitrogens with one attached hydrogen (secondary N) is 1. The van der Waals surface area contributed by atoms with Gasteiger partial charge in [0, 0.05) is 34.9 Å². The number of anilines is 1. The van der Waals surface area contributed by atoms with Gasteiger partial charge in [-0.25, -0.2) is 4.98 Å². The van der Waals surface area contributed by atoms with E-state index in [1.807, 2.05) is 43.5 Å². The van der Waals surface area contributed by atoms with Crippen molar-refractivity contribution >= 4 is 28.5 Å². The van der Waals surface area contributed by atoms with Crippen molar-refractivity contribution in [3.8, 4) is 28.8 Å². The SMILES string of the molecule is CCCn1c(C)cc(/C=C(\C#N)C(=O)Nc2nc(-c3ccc(OC)cc3OC)cs2)c1C. The van der Waals surface area contributed by atoms with E-state index in [1.165, 1.54) is 11.3 Å². The Kier molecular flexibility index (Phi) is 7.33. The van der Waals surface area contributed by atoms with Gasteiger partial charge in [0.15, 0.2) is 5.13 Å². The molecule has 2 aromatic heterocycles. The molecule has 1 N–H and O–H groups in total. The van der Waals surface area contributed by atoms with E-state index in [-0.39, 0.29) is 5.57 Å². The van der Waals surface area contributed by atoms with Crippen LogP contribution in [0.4, 0.5) is 5.13 Å². The predicted octanol–water partition coefficient (Wildman–Crippen LogP) is 5.20. The standard InChI is InChI=1S/C24H26N4O3S/c1-6-9-28-15(2)10-17(16(28)3)11-18(13-25)23(29)27-24-26-21(14-32-24)20-8-7-19(30-4)12-22(20)31-5/h7-8,10-12,14H,6,9H2,1-5H3,(H,26,27,29)/b18-11+. The van der Waals surface area contributed by atoms with Gasteiger partial charge in [-0.3, -0.25) is 10.1 Å². The van der Waals surface area contributed by atoms with Gasteiger partial charge in [0.25, 0.3) is 5.91 Å². The summed E-state index contributed by atoms with van der Waals surface area (Å²) >= 11 is 1.28. The summed E-state index contributed by atoms with van der Waals surface area (Å²) in [6.45, 7) is 7.04. The highest BCUT2D eigenvalue weighted by Crippen LogP contribution is 2.35. The summed E-state index contributed by atoms with van der Waals surface area (Å²) in [5.74, 6) is 0.805. The minimum absolute atomic E-state index is 0.0283. The van der Waals surface area contributed by atoms with Gasteiger partial charge in [-0.05, 0) is 50.1 Å². The molecule has 2 heterocycles. The molecule has 3 aromatic rings. The minimum atomic E-state index is -0.490. The van der Waals surface area contributed by atoms with Gasteiger partial charge in [0.1, 0.15) is 23.1 Å². The number of benzene rings is 1. The lowest BCUT2D eigenvalue weighted by Crippen LogP contribution is -2.13. The van der Waals surface area contributed by atoms with Crippen LogP contribution in [0.1, 0.15) is 30.3 Å². The molecule has 0 aliphatic heterocycles. The molecule has 0 spiro atoms. The number of ether oxygens (including phenoxy) is 2. The van der Waals surface area contributed by atoms with Crippen molar-refractivity contribution in [2.45, 2.75) is 33.7 Å². The molecule has 0 atom stereocenters. The van der Waals surface area contributed by atoms with Crippen molar-refractivity contribution < 1.29 is 14.3 Å². The number of hydrogen-bond donors (Lipinski definition) is 1. The first-order chi connectivity index (χ1) is 15.4. The highest BCUT2D eigenvalue weighted by Gasteiger charge is 2.16. The number of thiazole rings is 1. The first kappa shape index (κ1) is 23.1. The predicted molar refractivity (Wildman–Crippen MR) is 127 cm³/mol. The van der Waals surface area contributed by atoms with Crippen LogP contribution in [0.15, 0.2) is 35.2 Å². The molecule has 0 aliphatic rings. The number of amides is 1. The maximum atomic E-state index is 12.7. The summed E-state index contributed by atoms with van der Waals surface area (Å²) < 4.78 is 12.9. The van der Waals surface area contributed by atoms with E-state index in [0.717, 1.165) is 35.5 Å². The van der Waals surface area contributed by atoms with Crippen LogP contribution in [0.5, 0.6) is 11.5 Å². The second-order valence-corrected chi connectivity index (χ2v) is 8.06. The summed E-state index contributed by atoms with van der Waals surface area (Å²) in [5.41, 5.74) is 4.48. The zero-order valence-electron chi connectivity index (χ0n) is 18.9. The number of hydrogen-bond acceptors (Lipinski definition) is 6. The largest absolute Gasteiger partial charge is 0.497 e. The van der Waals surface area contributed by atoms with Crippen molar-refractivity contribution in [2.75, 3.05) is 19.5 Å². The summed E-state index contributed by atoms with van der Waals surface area (Å²) in [6, 6.07) is 9.45. The van der Waals surface area contributed by atoms with Crippen LogP contribution in [0.2, 0.25) is 0 Å². The summed E-state index contributed by atoms with van der Waals surface area (Å²) in [5, 5.41) is 14.5. The molecule has 0 saturated heterocycles. The van der Waals surface area contributed by atoms with Gasteiger partial charge < -0.3 is 14.0 Å². The highest BCUT2D eigenvalue weighted by molar-refractivity contribution is 7.14. The number of carbonyl (C=O) groups excluding carboxylic acids is 1. The molecule has 0 unspecified atom stereocenters. The van der Waals surface area contributed by atoms with Crippen LogP contribution in [0, 0.1) is 25.2 Å². The van der Waals surface area contributed by atoms with Crippen LogP contribution >= 0.6 is 11.3 Å². The normalized spacial score (nSPS) is 11.2. The Morgan fingerprint density at radius 3 is 2.72 bits per heavy atom. The lowest BCUT2D eigenvalue weighted by Gasteiger charge is -2.08. The smallest absolute Gasteiger partial charge is 0.268 e. The Balaban J connectivity index is 1.82.